The van der Waals surface area contributed by atoms with Gasteiger partial charge in [0.1, 0.15) is 30.8 Å². The average molecular weight is 570 g/mol. The number of allylic oxidation sites excluding steroid dienone is 1. The van der Waals surface area contributed by atoms with E-state index >= 15 is 0 Å². The Morgan fingerprint density at radius 1 is 1.36 bits per heavy atom. The molecule has 202 valence electrons. The molecule has 0 spiro atoms. The third kappa shape index (κ3) is 9.05. The van der Waals surface area contributed by atoms with Crippen molar-refractivity contribution in [3.05, 3.63) is 12.3 Å². The van der Waals surface area contributed by atoms with E-state index in [1.54, 1.807) is 20.8 Å². The molecule has 2 heterocycles. The number of rotatable bonds is 13. The number of halogens is 1. The van der Waals surface area contributed by atoms with Gasteiger partial charge in [0, 0.05) is 28.5 Å². The van der Waals surface area contributed by atoms with Gasteiger partial charge in [0.25, 0.3) is 0 Å². The molecule has 0 aliphatic carbocycles. The van der Waals surface area contributed by atoms with Crippen molar-refractivity contribution in [3.63, 3.8) is 0 Å². The number of hydrogen-bond donors (Lipinski definition) is 2. The highest BCUT2D eigenvalue weighted by Gasteiger charge is 2.48. The first-order valence-electron chi connectivity index (χ1n) is 11.3. The largest absolute Gasteiger partial charge is 0.697 e. The number of aliphatic hydroxyl groups is 1. The molecule has 2 N–H and O–H groups in total. The number of ether oxygens (including phenoxy) is 2. The Labute approximate surface area is 219 Å². The van der Waals surface area contributed by atoms with Crippen LogP contribution in [0.3, 0.4) is 0 Å². The first-order valence-corrected chi connectivity index (χ1v) is 13.8. The predicted molar refractivity (Wildman–Crippen MR) is 130 cm³/mol. The van der Waals surface area contributed by atoms with Crippen molar-refractivity contribution < 1.29 is 47.4 Å². The third-order valence-corrected chi connectivity index (χ3v) is 7.72. The number of amides is 2. The number of carbonyl (C=O) groups is 4. The summed E-state index contributed by atoms with van der Waals surface area (Å²) in [4.78, 5) is 48.3. The number of nitrogens with zero attached hydrogens (tertiary/aromatic N) is 1. The second kappa shape index (κ2) is 14.4. The molecule has 0 aromatic heterocycles. The summed E-state index contributed by atoms with van der Waals surface area (Å²) in [6.45, 7) is 5.42. The molecule has 12 nitrogen and oxygen atoms in total. The Hall–Kier alpha value is -1.60. The summed E-state index contributed by atoms with van der Waals surface area (Å²) in [5, 5.41) is 11.8. The van der Waals surface area contributed by atoms with Gasteiger partial charge in [-0.05, 0) is 19.4 Å². The first-order chi connectivity index (χ1) is 17.0. The first kappa shape index (κ1) is 30.6. The number of alkyl halides is 1. The van der Waals surface area contributed by atoms with Crippen molar-refractivity contribution >= 4 is 54.5 Å². The molecule has 1 saturated heterocycles. The van der Waals surface area contributed by atoms with E-state index in [-0.39, 0.29) is 49.4 Å². The van der Waals surface area contributed by atoms with Crippen LogP contribution in [0.1, 0.15) is 33.6 Å². The topological polar surface area (TPSA) is 158 Å². The summed E-state index contributed by atoms with van der Waals surface area (Å²) in [6.07, 6.45) is -1.16. The van der Waals surface area contributed by atoms with Crippen LogP contribution in [0.15, 0.2) is 12.3 Å². The quantitative estimate of drug-likeness (QED) is 0.145. The number of hydrogen-bond acceptors (Lipinski definition) is 11. The Morgan fingerprint density at radius 2 is 2.08 bits per heavy atom. The zero-order valence-corrected chi connectivity index (χ0v) is 22.7. The number of nitrogens with one attached hydrogen (secondary N) is 1. The maximum absolute atomic E-state index is 12.4. The molecule has 2 amide bonds. The molecular formula is C21H31ClN2O10PS+. The highest BCUT2D eigenvalue weighted by atomic mass is 35.5. The van der Waals surface area contributed by atoms with Crippen LogP contribution in [0.2, 0.25) is 0 Å². The van der Waals surface area contributed by atoms with E-state index in [0.717, 1.165) is 16.7 Å². The lowest BCUT2D eigenvalue weighted by Gasteiger charge is -2.28. The van der Waals surface area contributed by atoms with Gasteiger partial charge in [-0.2, -0.15) is 0 Å². The Morgan fingerprint density at radius 3 is 2.75 bits per heavy atom. The summed E-state index contributed by atoms with van der Waals surface area (Å²) >= 11 is 7.21. The summed E-state index contributed by atoms with van der Waals surface area (Å²) in [7, 11) is -2.56. The van der Waals surface area contributed by atoms with Crippen molar-refractivity contribution in [2.45, 2.75) is 57.4 Å². The Bertz CT molecular complexity index is 874. The molecule has 0 radical (unpaired) electrons. The monoisotopic (exact) mass is 569 g/mol. The number of aliphatic hydroxyl groups excluding tert-OH is 1. The molecular weight excluding hydrogens is 539 g/mol. The van der Waals surface area contributed by atoms with Crippen molar-refractivity contribution in [2.24, 2.45) is 5.41 Å². The van der Waals surface area contributed by atoms with Crippen LogP contribution in [0.25, 0.3) is 0 Å². The summed E-state index contributed by atoms with van der Waals surface area (Å²) in [5.74, 6) is -0.620. The standard InChI is InChI=1S/C21H30ClN2O10PS/c1-4-31-20(29)23-7-6-21(2,3)19(28)36-10-9-32-35(30)33-12-14-17(27)16(22)18(34-14)24-8-5-13(25)11-15(24)26/h5,8,14,16-18,27H,4,6-7,9-12H2,1-3H3/p+1/t14-,16-,17-,18-/m1/s1. The summed E-state index contributed by atoms with van der Waals surface area (Å²) < 4.78 is 32.6. The van der Waals surface area contributed by atoms with Gasteiger partial charge < -0.3 is 19.9 Å². The van der Waals surface area contributed by atoms with Gasteiger partial charge in [0.15, 0.2) is 17.1 Å². The van der Waals surface area contributed by atoms with Crippen LogP contribution in [0.5, 0.6) is 0 Å². The van der Waals surface area contributed by atoms with Crippen LogP contribution < -0.4 is 5.32 Å². The molecule has 0 saturated carbocycles. The van der Waals surface area contributed by atoms with E-state index in [1.165, 1.54) is 12.3 Å². The van der Waals surface area contributed by atoms with Crippen LogP contribution in [-0.4, -0.2) is 88.8 Å². The van der Waals surface area contributed by atoms with E-state index in [2.05, 4.69) is 5.32 Å². The van der Waals surface area contributed by atoms with E-state index in [0.29, 0.717) is 6.42 Å². The van der Waals surface area contributed by atoms with Gasteiger partial charge in [-0.15, -0.1) is 20.6 Å². The summed E-state index contributed by atoms with van der Waals surface area (Å²) in [5.41, 5.74) is -0.703. The Kier molecular flexibility index (Phi) is 12.2. The van der Waals surface area contributed by atoms with Crippen LogP contribution in [0, 0.1) is 5.41 Å². The molecule has 1 unspecified atom stereocenters. The SMILES string of the molecule is CCOC(=O)NCCC(C)(C)C(=O)SCCO[P+](=O)OC[C@H]1O[C@@H](N2C=CC(=O)CC2=O)[C@H](Cl)[C@@H]1O. The molecule has 2 aliphatic heterocycles. The lowest BCUT2D eigenvalue weighted by atomic mass is 9.91. The van der Waals surface area contributed by atoms with E-state index in [1.807, 2.05) is 0 Å². The van der Waals surface area contributed by atoms with Gasteiger partial charge in [0.2, 0.25) is 5.91 Å². The third-order valence-electron chi connectivity index (χ3n) is 5.31. The molecule has 2 aliphatic rings. The van der Waals surface area contributed by atoms with Gasteiger partial charge >= 0.3 is 14.3 Å². The minimum atomic E-state index is -2.56. The highest BCUT2D eigenvalue weighted by Crippen LogP contribution is 2.33. The maximum atomic E-state index is 12.4. The smallest absolute Gasteiger partial charge is 0.450 e. The fourth-order valence-electron chi connectivity index (χ4n) is 3.21. The van der Waals surface area contributed by atoms with Crippen LogP contribution in [-0.2, 0) is 37.5 Å². The lowest BCUT2D eigenvalue weighted by Crippen LogP contribution is -2.44. The predicted octanol–water partition coefficient (Wildman–Crippen LogP) is 2.11. The molecule has 0 aromatic rings. The fraction of sp³-hybridized carbons (Fsp3) is 0.714. The van der Waals surface area contributed by atoms with Crippen molar-refractivity contribution in [2.75, 3.05) is 32.1 Å². The zero-order valence-electron chi connectivity index (χ0n) is 20.2. The van der Waals surface area contributed by atoms with Gasteiger partial charge in [0.05, 0.1) is 13.0 Å². The molecule has 36 heavy (non-hydrogen) atoms. The second-order valence-corrected chi connectivity index (χ2v) is 11.1. The van der Waals surface area contributed by atoms with Crippen LogP contribution >= 0.6 is 31.6 Å². The second-order valence-electron chi connectivity index (χ2n) is 8.53. The molecule has 15 heteroatoms. The van der Waals surface area contributed by atoms with Gasteiger partial charge in [-0.3, -0.25) is 19.3 Å². The number of thioether (sulfide) groups is 1. The van der Waals surface area contributed by atoms with E-state index in [9.17, 15) is 28.8 Å². The number of carbonyl (C=O) groups excluding carboxylic acids is 4. The molecule has 1 fully saturated rings. The normalized spacial score (nSPS) is 24.7. The minimum absolute atomic E-state index is 0.0291. The van der Waals surface area contributed by atoms with Crippen molar-refractivity contribution in [3.8, 4) is 0 Å². The molecule has 0 bridgehead atoms. The van der Waals surface area contributed by atoms with Crippen LogP contribution in [0.4, 0.5) is 4.79 Å². The van der Waals surface area contributed by atoms with E-state index < -0.39 is 49.5 Å². The summed E-state index contributed by atoms with van der Waals surface area (Å²) in [6, 6.07) is 0. The Balaban J connectivity index is 1.67. The molecule has 5 atom stereocenters. The fourth-order valence-corrected chi connectivity index (χ4v) is 5.11. The minimum Gasteiger partial charge on any atom is -0.450 e. The maximum Gasteiger partial charge on any atom is 0.697 e. The molecule has 0 aromatic carbocycles. The number of alkyl carbamates (subject to hydrolysis) is 1. The zero-order chi connectivity index (χ0) is 26.9. The van der Waals surface area contributed by atoms with Gasteiger partial charge in [-0.25, -0.2) is 4.79 Å². The number of ketones is 1. The van der Waals surface area contributed by atoms with Gasteiger partial charge in [-0.1, -0.05) is 25.6 Å². The average Bonchev–Trinajstić information content (AvgIpc) is 3.08. The van der Waals surface area contributed by atoms with Crippen molar-refractivity contribution in [1.82, 2.24) is 10.2 Å². The van der Waals surface area contributed by atoms with Crippen molar-refractivity contribution in [1.29, 1.82) is 0 Å². The molecule has 2 rings (SSSR count). The highest BCUT2D eigenvalue weighted by molar-refractivity contribution is 8.13. The van der Waals surface area contributed by atoms with E-state index in [4.69, 9.17) is 30.1 Å². The lowest BCUT2D eigenvalue weighted by molar-refractivity contribution is -0.143.